The molecule has 2 aromatic heterocycles. The average molecular weight is 348 g/mol. The molecule has 0 saturated heterocycles. The zero-order valence-corrected chi connectivity index (χ0v) is 13.3. The average Bonchev–Trinajstić information content (AvgIpc) is 3.04. The van der Waals surface area contributed by atoms with Crippen LogP contribution in [-0.4, -0.2) is 20.7 Å². The van der Waals surface area contributed by atoms with E-state index in [9.17, 15) is 18.0 Å². The molecule has 0 saturated carbocycles. The molecule has 130 valence electrons. The van der Waals surface area contributed by atoms with Crippen LogP contribution in [0.5, 0.6) is 0 Å². The lowest BCUT2D eigenvalue weighted by Gasteiger charge is -2.12. The molecule has 0 radical (unpaired) electrons. The Kier molecular flexibility index (Phi) is 4.43. The number of amides is 1. The Morgan fingerprint density at radius 3 is 2.72 bits per heavy atom. The van der Waals surface area contributed by atoms with Gasteiger partial charge in [-0.3, -0.25) is 14.5 Å². The van der Waals surface area contributed by atoms with Gasteiger partial charge in [0.2, 0.25) is 0 Å². The van der Waals surface area contributed by atoms with Crippen LogP contribution in [0.15, 0.2) is 42.7 Å². The van der Waals surface area contributed by atoms with Crippen LogP contribution < -0.4 is 5.32 Å². The fourth-order valence-electron chi connectivity index (χ4n) is 2.67. The van der Waals surface area contributed by atoms with Crippen molar-refractivity contribution in [1.82, 2.24) is 20.1 Å². The highest BCUT2D eigenvalue weighted by Crippen LogP contribution is 2.32. The van der Waals surface area contributed by atoms with E-state index < -0.39 is 23.3 Å². The van der Waals surface area contributed by atoms with E-state index in [0.29, 0.717) is 5.69 Å². The maximum Gasteiger partial charge on any atom is 0.433 e. The topological polar surface area (TPSA) is 59.8 Å². The molecule has 0 atom stereocenters. The van der Waals surface area contributed by atoms with Gasteiger partial charge in [0.05, 0.1) is 24.0 Å². The van der Waals surface area contributed by atoms with Crippen LogP contribution >= 0.6 is 0 Å². The third-order valence-electron chi connectivity index (χ3n) is 3.82. The number of halogens is 3. The lowest BCUT2D eigenvalue weighted by Crippen LogP contribution is -2.26. The Balaban J connectivity index is 1.85. The summed E-state index contributed by atoms with van der Waals surface area (Å²) in [6.45, 7) is 1.58. The van der Waals surface area contributed by atoms with Crippen molar-refractivity contribution < 1.29 is 18.0 Å². The second-order valence-electron chi connectivity index (χ2n) is 5.38. The van der Waals surface area contributed by atoms with Crippen LogP contribution in [0.25, 0.3) is 10.8 Å². The van der Waals surface area contributed by atoms with Gasteiger partial charge >= 0.3 is 6.18 Å². The van der Waals surface area contributed by atoms with Crippen molar-refractivity contribution in [2.45, 2.75) is 26.2 Å². The van der Waals surface area contributed by atoms with E-state index in [2.05, 4.69) is 15.4 Å². The van der Waals surface area contributed by atoms with Gasteiger partial charge < -0.3 is 5.32 Å². The summed E-state index contributed by atoms with van der Waals surface area (Å²) in [7, 11) is 0. The van der Waals surface area contributed by atoms with E-state index in [0.717, 1.165) is 21.7 Å². The summed E-state index contributed by atoms with van der Waals surface area (Å²) in [6, 6.07) is 9.28. The van der Waals surface area contributed by atoms with Crippen LogP contribution in [0.1, 0.15) is 28.7 Å². The molecular weight excluding hydrogens is 333 g/mol. The Morgan fingerprint density at radius 2 is 2.00 bits per heavy atom. The quantitative estimate of drug-likeness (QED) is 0.786. The lowest BCUT2D eigenvalue weighted by atomic mass is 10.1. The van der Waals surface area contributed by atoms with Crippen molar-refractivity contribution in [2.75, 3.05) is 0 Å². The minimum Gasteiger partial charge on any atom is -0.346 e. The maximum atomic E-state index is 13.2. The molecule has 1 amide bonds. The van der Waals surface area contributed by atoms with Crippen molar-refractivity contribution in [3.8, 4) is 0 Å². The number of hydrogen-bond acceptors (Lipinski definition) is 3. The summed E-state index contributed by atoms with van der Waals surface area (Å²) in [5, 5.41) is 7.93. The SMILES string of the molecule is CCn1ncc(C(=O)NCc2nccc3ccccc23)c1C(F)(F)F. The minimum absolute atomic E-state index is 0.0208. The number of carbonyl (C=O) groups excluding carboxylic acids is 1. The highest BCUT2D eigenvalue weighted by atomic mass is 19.4. The Bertz CT molecular complexity index is 912. The zero-order chi connectivity index (χ0) is 18.0. The van der Waals surface area contributed by atoms with Gasteiger partial charge in [-0.25, -0.2) is 0 Å². The first kappa shape index (κ1) is 16.9. The van der Waals surface area contributed by atoms with Crippen LogP contribution in [0, 0.1) is 0 Å². The summed E-state index contributed by atoms with van der Waals surface area (Å²) in [6.07, 6.45) is -2.12. The number of pyridine rings is 1. The highest BCUT2D eigenvalue weighted by molar-refractivity contribution is 5.95. The Morgan fingerprint density at radius 1 is 1.24 bits per heavy atom. The lowest BCUT2D eigenvalue weighted by molar-refractivity contribution is -0.144. The summed E-state index contributed by atoms with van der Waals surface area (Å²) in [5.74, 6) is -0.832. The molecule has 3 aromatic rings. The number of nitrogens with zero attached hydrogens (tertiary/aromatic N) is 3. The summed E-state index contributed by atoms with van der Waals surface area (Å²) >= 11 is 0. The molecule has 3 rings (SSSR count). The Labute approximate surface area is 141 Å². The van der Waals surface area contributed by atoms with Gasteiger partial charge in [-0.05, 0) is 18.4 Å². The highest BCUT2D eigenvalue weighted by Gasteiger charge is 2.39. The first-order valence-electron chi connectivity index (χ1n) is 7.65. The molecular formula is C17H15F3N4O. The summed E-state index contributed by atoms with van der Waals surface area (Å²) < 4.78 is 40.4. The van der Waals surface area contributed by atoms with Gasteiger partial charge in [-0.2, -0.15) is 18.3 Å². The Hall–Kier alpha value is -2.90. The van der Waals surface area contributed by atoms with Crippen molar-refractivity contribution in [3.05, 3.63) is 59.7 Å². The number of carbonyl (C=O) groups is 1. The van der Waals surface area contributed by atoms with Crippen LogP contribution in [-0.2, 0) is 19.3 Å². The molecule has 0 aliphatic rings. The maximum absolute atomic E-state index is 13.2. The molecule has 0 aliphatic heterocycles. The number of hydrogen-bond donors (Lipinski definition) is 1. The van der Waals surface area contributed by atoms with Gasteiger partial charge in [0.25, 0.3) is 5.91 Å². The van der Waals surface area contributed by atoms with E-state index in [4.69, 9.17) is 0 Å². The van der Waals surface area contributed by atoms with Crippen molar-refractivity contribution in [3.63, 3.8) is 0 Å². The van der Waals surface area contributed by atoms with E-state index >= 15 is 0 Å². The van der Waals surface area contributed by atoms with Gasteiger partial charge in [0, 0.05) is 18.1 Å². The predicted octanol–water partition coefficient (Wildman–Crippen LogP) is 3.40. The van der Waals surface area contributed by atoms with Crippen LogP contribution in [0.2, 0.25) is 0 Å². The fourth-order valence-corrected chi connectivity index (χ4v) is 2.67. The third-order valence-corrected chi connectivity index (χ3v) is 3.82. The second kappa shape index (κ2) is 6.54. The normalized spacial score (nSPS) is 11.7. The van der Waals surface area contributed by atoms with Gasteiger partial charge in [0.15, 0.2) is 5.69 Å². The number of benzene rings is 1. The largest absolute Gasteiger partial charge is 0.433 e. The van der Waals surface area contributed by atoms with Crippen molar-refractivity contribution >= 4 is 16.7 Å². The number of rotatable bonds is 4. The van der Waals surface area contributed by atoms with Crippen LogP contribution in [0.3, 0.4) is 0 Å². The summed E-state index contributed by atoms with van der Waals surface area (Å²) in [5.41, 5.74) is -0.948. The first-order chi connectivity index (χ1) is 11.9. The van der Waals surface area contributed by atoms with Crippen LogP contribution in [0.4, 0.5) is 13.2 Å². The number of nitrogens with one attached hydrogen (secondary N) is 1. The van der Waals surface area contributed by atoms with Gasteiger partial charge in [-0.15, -0.1) is 0 Å². The summed E-state index contributed by atoms with van der Waals surface area (Å²) in [4.78, 5) is 16.5. The smallest absolute Gasteiger partial charge is 0.346 e. The monoisotopic (exact) mass is 348 g/mol. The zero-order valence-electron chi connectivity index (χ0n) is 13.3. The molecule has 5 nitrogen and oxygen atoms in total. The minimum atomic E-state index is -4.66. The molecule has 8 heteroatoms. The van der Waals surface area contributed by atoms with Gasteiger partial charge in [-0.1, -0.05) is 24.3 Å². The number of aromatic nitrogens is 3. The molecule has 1 aromatic carbocycles. The molecule has 1 N–H and O–H groups in total. The molecule has 2 heterocycles. The first-order valence-corrected chi connectivity index (χ1v) is 7.65. The fraction of sp³-hybridized carbons (Fsp3) is 0.235. The molecule has 0 bridgehead atoms. The second-order valence-corrected chi connectivity index (χ2v) is 5.38. The molecule has 0 fully saturated rings. The molecule has 25 heavy (non-hydrogen) atoms. The van der Waals surface area contributed by atoms with E-state index in [1.807, 2.05) is 30.3 Å². The number of aryl methyl sites for hydroxylation is 1. The van der Waals surface area contributed by atoms with Crippen molar-refractivity contribution in [2.24, 2.45) is 0 Å². The van der Waals surface area contributed by atoms with Gasteiger partial charge in [0.1, 0.15) is 0 Å². The van der Waals surface area contributed by atoms with E-state index in [-0.39, 0.29) is 13.1 Å². The van der Waals surface area contributed by atoms with E-state index in [1.54, 1.807) is 6.20 Å². The van der Waals surface area contributed by atoms with E-state index in [1.165, 1.54) is 6.92 Å². The molecule has 0 aliphatic carbocycles. The number of fused-ring (bicyclic) bond motifs is 1. The molecule has 0 unspecified atom stereocenters. The predicted molar refractivity (Wildman–Crippen MR) is 85.8 cm³/mol. The van der Waals surface area contributed by atoms with Crippen molar-refractivity contribution in [1.29, 1.82) is 0 Å². The standard InChI is InChI=1S/C17H15F3N4O/c1-2-24-15(17(18,19)20)13(9-23-24)16(25)22-10-14-12-6-4-3-5-11(12)7-8-21-14/h3-9H,2,10H2,1H3,(H,22,25). The third kappa shape index (κ3) is 3.33. The molecule has 0 spiro atoms. The number of alkyl halides is 3.